The van der Waals surface area contributed by atoms with E-state index in [4.69, 9.17) is 15.0 Å². The Morgan fingerprint density at radius 2 is 0.548 bits per heavy atom. The fourth-order valence-corrected chi connectivity index (χ4v) is 16.2. The lowest BCUT2D eigenvalue weighted by Gasteiger charge is -2.15. The molecule has 0 radical (unpaired) electrons. The number of benzene rings is 14. The number of pyridine rings is 1. The highest BCUT2D eigenvalue weighted by molar-refractivity contribution is 6.26. The summed E-state index contributed by atoms with van der Waals surface area (Å²) in [6, 6.07) is 128. The summed E-state index contributed by atoms with van der Waals surface area (Å²) in [6.07, 6.45) is 2.57. The van der Waals surface area contributed by atoms with Crippen LogP contribution in [-0.4, -0.2) is 33.2 Å². The summed E-state index contributed by atoms with van der Waals surface area (Å²) in [5.74, 6) is 0.625. The molecule has 20 aromatic rings. The molecule has 7 heteroatoms. The van der Waals surface area contributed by atoms with E-state index in [0.29, 0.717) is 5.95 Å². The van der Waals surface area contributed by atoms with E-state index in [-0.39, 0.29) is 0 Å². The van der Waals surface area contributed by atoms with Crippen molar-refractivity contribution >= 4 is 87.2 Å². The molecule has 14 aromatic carbocycles. The molecule has 0 unspecified atom stereocenters. The molecule has 0 atom stereocenters. The van der Waals surface area contributed by atoms with Crippen LogP contribution in [0.4, 0.5) is 0 Å². The molecule has 490 valence electrons. The van der Waals surface area contributed by atoms with Gasteiger partial charge >= 0.3 is 0 Å². The Hall–Kier alpha value is -13.5. The molecule has 20 rings (SSSR count). The summed E-state index contributed by atoms with van der Waals surface area (Å²) in [7, 11) is 0. The molecule has 6 aromatic heterocycles. The summed E-state index contributed by atoms with van der Waals surface area (Å²) in [5.41, 5.74) is 28.4. The summed E-state index contributed by atoms with van der Waals surface area (Å²) in [5, 5.41) is 9.44. The summed E-state index contributed by atoms with van der Waals surface area (Å²) < 4.78 is 9.81. The molecule has 0 aliphatic carbocycles. The number of hydrogen-bond donors (Lipinski definition) is 0. The first-order valence-corrected chi connectivity index (χ1v) is 36.0. The van der Waals surface area contributed by atoms with Crippen molar-refractivity contribution in [2.45, 2.75) is 26.2 Å². The first-order valence-electron chi connectivity index (χ1n) is 36.0. The van der Waals surface area contributed by atoms with Crippen LogP contribution in [0, 0.1) is 0 Å². The lowest BCUT2D eigenvalue weighted by molar-refractivity contribution is 0.962. The second-order valence-electron chi connectivity index (χ2n) is 27.3. The molecule has 0 amide bonds. The maximum absolute atomic E-state index is 5.62. The van der Waals surface area contributed by atoms with Crippen LogP contribution >= 0.6 is 0 Å². The molecule has 0 spiro atoms. The number of aromatic nitrogens is 7. The van der Waals surface area contributed by atoms with Crippen molar-refractivity contribution in [1.29, 1.82) is 0 Å². The van der Waals surface area contributed by atoms with Gasteiger partial charge in [0.25, 0.3) is 0 Å². The predicted octanol–water partition coefficient (Wildman–Crippen LogP) is 24.6. The third kappa shape index (κ3) is 10.2. The lowest BCUT2D eigenvalue weighted by atomic mass is 9.99. The maximum Gasteiger partial charge on any atom is 0.235 e. The van der Waals surface area contributed by atoms with Crippen molar-refractivity contribution in [1.82, 2.24) is 33.2 Å². The minimum Gasteiger partial charge on any atom is -0.307 e. The molecular weight excluding hydrogens is 1260 g/mol. The van der Waals surface area contributed by atoms with Gasteiger partial charge in [-0.1, -0.05) is 262 Å². The number of fused-ring (bicyclic) bond motifs is 14. The van der Waals surface area contributed by atoms with Crippen LogP contribution < -0.4 is 0 Å². The Bertz CT molecular complexity index is 6660. The maximum atomic E-state index is 5.62. The van der Waals surface area contributed by atoms with Crippen LogP contribution in [0.2, 0.25) is 0 Å². The quantitative estimate of drug-likeness (QED) is 0.109. The van der Waals surface area contributed by atoms with Gasteiger partial charge in [0.2, 0.25) is 5.95 Å². The Labute approximate surface area is 601 Å². The Balaban J connectivity index is 0.739. The Morgan fingerprint density at radius 1 is 0.212 bits per heavy atom. The highest BCUT2D eigenvalue weighted by atomic mass is 15.2. The smallest absolute Gasteiger partial charge is 0.235 e. The minimum absolute atomic E-state index is 0.625. The van der Waals surface area contributed by atoms with Gasteiger partial charge in [0.15, 0.2) is 0 Å². The molecule has 0 fully saturated rings. The average Bonchev–Trinajstić information content (AvgIpc) is 1.54. The van der Waals surface area contributed by atoms with Gasteiger partial charge in [-0.15, -0.1) is 0 Å². The van der Waals surface area contributed by atoms with Crippen molar-refractivity contribution in [2.75, 3.05) is 0 Å². The van der Waals surface area contributed by atoms with Crippen LogP contribution in [0.25, 0.3) is 178 Å². The topological polar surface area (TPSA) is 58.4 Å². The molecule has 0 saturated heterocycles. The predicted molar refractivity (Wildman–Crippen MR) is 433 cm³/mol. The summed E-state index contributed by atoms with van der Waals surface area (Å²) in [6.45, 7) is 2.23. The van der Waals surface area contributed by atoms with E-state index in [2.05, 4.69) is 377 Å². The van der Waals surface area contributed by atoms with E-state index in [1.807, 2.05) is 0 Å². The summed E-state index contributed by atoms with van der Waals surface area (Å²) >= 11 is 0. The SMILES string of the molecule is CCc1ccc2c(c1)c1ccc3c4cc(CCc5cccc(-c6cc(-n7c8ccc(-c9ccccc9)cc8c8ccc9c%10cc(-c%11ccccc%11)ccc%10n(-c%10ccccc%10)c9c87)cc(-c7ccccc7)n6)c5)ccc4n(-c4ccccc4)c3c1n2-c1nc(-c2ccccc2)cc(-c2ccccc2)n1. The third-order valence-corrected chi connectivity index (χ3v) is 21.2. The van der Waals surface area contributed by atoms with E-state index < -0.39 is 0 Å². The van der Waals surface area contributed by atoms with Crippen molar-refractivity contribution < 1.29 is 0 Å². The van der Waals surface area contributed by atoms with E-state index >= 15 is 0 Å². The molecule has 0 aliphatic rings. The monoisotopic (exact) mass is 1330 g/mol. The van der Waals surface area contributed by atoms with Crippen LogP contribution in [-0.2, 0) is 19.3 Å². The lowest BCUT2D eigenvalue weighted by Crippen LogP contribution is -2.05. The fraction of sp³-hybridized carbons (Fsp3) is 0.0412. The van der Waals surface area contributed by atoms with Gasteiger partial charge < -0.3 is 13.7 Å². The largest absolute Gasteiger partial charge is 0.307 e. The van der Waals surface area contributed by atoms with Crippen LogP contribution in [0.5, 0.6) is 0 Å². The molecule has 0 aliphatic heterocycles. The fourth-order valence-electron chi connectivity index (χ4n) is 16.2. The van der Waals surface area contributed by atoms with E-state index in [0.717, 1.165) is 131 Å². The van der Waals surface area contributed by atoms with Crippen molar-refractivity contribution in [3.8, 4) is 90.3 Å². The van der Waals surface area contributed by atoms with E-state index in [1.165, 1.54) is 76.6 Å². The van der Waals surface area contributed by atoms with Gasteiger partial charge in [-0.25, -0.2) is 15.0 Å². The molecule has 0 bridgehead atoms. The molecule has 0 N–H and O–H groups in total. The van der Waals surface area contributed by atoms with E-state index in [9.17, 15) is 0 Å². The van der Waals surface area contributed by atoms with Gasteiger partial charge in [-0.2, -0.15) is 0 Å². The Kier molecular flexibility index (Phi) is 14.5. The van der Waals surface area contributed by atoms with Crippen LogP contribution in [0.3, 0.4) is 0 Å². The Morgan fingerprint density at radius 3 is 1.00 bits per heavy atom. The molecule has 7 nitrogen and oxygen atoms in total. The second-order valence-corrected chi connectivity index (χ2v) is 27.3. The third-order valence-electron chi connectivity index (χ3n) is 21.2. The highest BCUT2D eigenvalue weighted by Gasteiger charge is 2.27. The molecular formula is C97H67N7. The zero-order valence-corrected chi connectivity index (χ0v) is 57.2. The van der Waals surface area contributed by atoms with Crippen molar-refractivity contribution in [3.05, 3.63) is 369 Å². The van der Waals surface area contributed by atoms with E-state index in [1.54, 1.807) is 0 Å². The van der Waals surface area contributed by atoms with Gasteiger partial charge in [0.1, 0.15) is 0 Å². The number of rotatable bonds is 14. The number of nitrogens with zero attached hydrogens (tertiary/aromatic N) is 7. The first-order chi connectivity index (χ1) is 51.5. The highest BCUT2D eigenvalue weighted by Crippen LogP contribution is 2.47. The van der Waals surface area contributed by atoms with Gasteiger partial charge in [0, 0.05) is 76.7 Å². The van der Waals surface area contributed by atoms with Gasteiger partial charge in [-0.05, 0) is 155 Å². The normalized spacial score (nSPS) is 11.8. The number of para-hydroxylation sites is 2. The van der Waals surface area contributed by atoms with Gasteiger partial charge in [0.05, 0.1) is 72.6 Å². The number of aryl methyl sites for hydroxylation is 3. The van der Waals surface area contributed by atoms with Crippen LogP contribution in [0.1, 0.15) is 23.6 Å². The van der Waals surface area contributed by atoms with Crippen LogP contribution in [0.15, 0.2) is 352 Å². The standard InChI is InChI=1S/C97H67N7/c1-2-63-43-51-92-81(56-63)78-48-47-77-82-57-65(44-52-89(82)101(74-37-20-8-21-38-74)95(77)96(78)104(92)97-99-87(69-32-16-6-17-33-69)62-88(100-97)70-34-18-7-19-35-70)42-41-64-25-24-36-73(55-64)86-61-76(60-85(98-86)68-30-14-5-15-31-68)103-91-54-46-72(67-28-12-4-13-29-67)59-84(91)80-50-49-79-83-58-71(66-26-10-3-11-27-66)45-53-90(83)102(93(79)94(80)103)75-39-22-9-23-40-75/h3-40,43-62H,2,41-42H2,1H3. The molecule has 104 heavy (non-hydrogen) atoms. The van der Waals surface area contributed by atoms with Crippen molar-refractivity contribution in [2.24, 2.45) is 0 Å². The minimum atomic E-state index is 0.625. The molecule has 6 heterocycles. The van der Waals surface area contributed by atoms with Crippen molar-refractivity contribution in [3.63, 3.8) is 0 Å². The average molecular weight is 1330 g/mol. The first kappa shape index (κ1) is 60.5. The molecule has 0 saturated carbocycles. The number of hydrogen-bond acceptors (Lipinski definition) is 3. The summed E-state index contributed by atoms with van der Waals surface area (Å²) in [4.78, 5) is 16.6. The second kappa shape index (κ2) is 25.0. The zero-order chi connectivity index (χ0) is 68.8. The zero-order valence-electron chi connectivity index (χ0n) is 57.2. The van der Waals surface area contributed by atoms with Gasteiger partial charge in [-0.3, -0.25) is 4.57 Å².